The summed E-state index contributed by atoms with van der Waals surface area (Å²) < 4.78 is 86.2. The summed E-state index contributed by atoms with van der Waals surface area (Å²) in [5, 5.41) is 5.81. The second-order valence-electron chi connectivity index (χ2n) is 16.6. The molecule has 2 saturated carbocycles. The molecule has 3 fully saturated rings. The molecule has 4 amide bonds. The zero-order valence-electron chi connectivity index (χ0n) is 33.3. The van der Waals surface area contributed by atoms with Gasteiger partial charge in [0.1, 0.15) is 29.5 Å². The van der Waals surface area contributed by atoms with Crippen LogP contribution >= 0.6 is 0 Å². The third-order valence-corrected chi connectivity index (χ3v) is 13.2. The van der Waals surface area contributed by atoms with Gasteiger partial charge in [-0.1, -0.05) is 51.1 Å². The number of carbonyl (C=O) groups is 4. The van der Waals surface area contributed by atoms with E-state index in [9.17, 15) is 40.8 Å². The molecule has 324 valence electrons. The highest BCUT2D eigenvalue weighted by Gasteiger charge is 2.62. The second kappa shape index (κ2) is 16.6. The minimum absolute atomic E-state index is 0. The Labute approximate surface area is 340 Å². The van der Waals surface area contributed by atoms with Gasteiger partial charge >= 0.3 is 12.3 Å². The third kappa shape index (κ3) is 9.31. The third-order valence-electron chi connectivity index (χ3n) is 11.4. The number of benzene rings is 1. The van der Waals surface area contributed by atoms with Crippen LogP contribution in [0.1, 0.15) is 90.3 Å². The molecule has 6 rings (SSSR count). The van der Waals surface area contributed by atoms with Gasteiger partial charge in [-0.3, -0.25) is 19.1 Å². The maximum absolute atomic E-state index is 14.8. The Hall–Kier alpha value is -4.61. The first-order valence-electron chi connectivity index (χ1n) is 19.8. The van der Waals surface area contributed by atoms with E-state index in [-0.39, 0.29) is 35.5 Å². The molecule has 2 aliphatic carbocycles. The van der Waals surface area contributed by atoms with Crippen LogP contribution in [-0.2, 0) is 29.1 Å². The van der Waals surface area contributed by atoms with Gasteiger partial charge in [-0.05, 0) is 76.7 Å². The number of halogens is 3. The number of alkyl halides is 3. The lowest BCUT2D eigenvalue weighted by atomic mass is 9.88. The van der Waals surface area contributed by atoms with E-state index in [0.717, 1.165) is 11.8 Å². The Balaban J connectivity index is 0.00000331. The molecule has 0 radical (unpaired) electrons. The number of allylic oxidation sites excluding steroid dienone is 1. The molecule has 1 aromatic heterocycles. The van der Waals surface area contributed by atoms with Gasteiger partial charge in [-0.15, -0.1) is 0 Å². The van der Waals surface area contributed by atoms with E-state index in [1.807, 2.05) is 32.1 Å². The molecule has 0 bridgehead atoms. The number of carbonyl (C=O) groups excluding carboxylic acids is 4. The van der Waals surface area contributed by atoms with Crippen LogP contribution in [-0.4, -0.2) is 96.0 Å². The number of aromatic nitrogens is 1. The normalized spacial score (nSPS) is 28.9. The lowest BCUT2D eigenvalue weighted by Gasteiger charge is -2.34. The quantitative estimate of drug-likeness (QED) is 0.239. The number of fused-ring (bicyclic) bond motifs is 3. The van der Waals surface area contributed by atoms with Gasteiger partial charge in [0.25, 0.3) is 5.91 Å². The van der Waals surface area contributed by atoms with Gasteiger partial charge in [-0.25, -0.2) is 18.2 Å². The summed E-state index contributed by atoms with van der Waals surface area (Å²) in [6.45, 7) is 7.24. The van der Waals surface area contributed by atoms with Gasteiger partial charge in [0.2, 0.25) is 33.3 Å². The molecule has 4 aliphatic rings. The van der Waals surface area contributed by atoms with E-state index < -0.39 is 86.4 Å². The van der Waals surface area contributed by atoms with Crippen molar-refractivity contribution >= 4 is 44.6 Å². The zero-order chi connectivity index (χ0) is 42.2. The molecule has 3 N–H and O–H groups in total. The number of alkyl carbamates (subject to hydrolysis) is 1. The Morgan fingerprint density at radius 3 is 2.47 bits per heavy atom. The number of nitrogens with one attached hydrogen (secondary N) is 3. The van der Waals surface area contributed by atoms with Crippen LogP contribution in [0, 0.1) is 17.8 Å². The van der Waals surface area contributed by atoms with Gasteiger partial charge < -0.3 is 29.7 Å². The summed E-state index contributed by atoms with van der Waals surface area (Å²) in [4.78, 5) is 61.8. The van der Waals surface area contributed by atoms with E-state index >= 15 is 0 Å². The van der Waals surface area contributed by atoms with Crippen molar-refractivity contribution in [2.24, 2.45) is 17.8 Å². The minimum Gasteiger partial charge on any atom is -0.491 e. The SMILES string of the molecule is CCCOc1cnc(O[C@@H]2C[C@H]3C(=O)N[C@]4(C(=O)NS(=O)(=O)C5CC5)C[C@H]4/C=C\CC[C@H](C)C[C@@H](C)[C@H](NC(=O)OC(C)(C)C(F)(F)F)C(=O)N3C2)c2ccccc12.[HH].[HH].[HH]. The largest absolute Gasteiger partial charge is 0.491 e. The van der Waals surface area contributed by atoms with Crippen LogP contribution in [0.4, 0.5) is 18.0 Å². The van der Waals surface area contributed by atoms with E-state index in [1.54, 1.807) is 25.1 Å². The Bertz CT molecular complexity index is 2060. The fourth-order valence-electron chi connectivity index (χ4n) is 7.66. The number of rotatable bonds is 10. The number of sulfonamides is 1. The number of ether oxygens (including phenoxy) is 3. The maximum Gasteiger partial charge on any atom is 0.427 e. The summed E-state index contributed by atoms with van der Waals surface area (Å²) in [5.74, 6) is -2.90. The van der Waals surface area contributed by atoms with Crippen molar-refractivity contribution in [1.29, 1.82) is 0 Å². The van der Waals surface area contributed by atoms with Gasteiger partial charge in [0.15, 0.2) is 0 Å². The van der Waals surface area contributed by atoms with Crippen molar-refractivity contribution in [3.05, 3.63) is 42.6 Å². The van der Waals surface area contributed by atoms with Gasteiger partial charge in [-0.2, -0.15) is 13.2 Å². The summed E-state index contributed by atoms with van der Waals surface area (Å²) in [6, 6.07) is 4.51. The molecule has 1 aromatic carbocycles. The van der Waals surface area contributed by atoms with E-state index in [2.05, 4.69) is 20.3 Å². The van der Waals surface area contributed by atoms with E-state index in [0.29, 0.717) is 63.7 Å². The molecule has 2 aliphatic heterocycles. The minimum atomic E-state index is -4.91. The topological polar surface area (TPSA) is 182 Å². The predicted octanol–water partition coefficient (Wildman–Crippen LogP) is 6.04. The molecule has 58 heavy (non-hydrogen) atoms. The number of amides is 4. The standard InChI is InChI=1S/C40H52F3N5O9S.3H2/c1-6-17-55-31-21-44-34(29-14-10-9-13-28(29)31)56-26-19-30-33(49)46-39(36(51)47-58(53,54)27-15-16-27)20-25(39)12-8-7-11-23(2)18-24(3)32(35(50)48(30)22-26)45-37(52)57-38(4,5)40(41,42)43;;;/h8-10,12-14,21,23-27,30,32H,6-7,11,15-20,22H2,1-5H3,(H,45,52)(H,46,49)(H,47,51);3*1H/b12-8-;;;/t23-,24+,25+,26+,30-,32-,39+;;;/m0.../s1. The average Bonchev–Trinajstić information content (AvgIpc) is 4.08. The first-order valence-corrected chi connectivity index (χ1v) is 21.4. The van der Waals surface area contributed by atoms with Crippen LogP contribution in [0.25, 0.3) is 10.8 Å². The van der Waals surface area contributed by atoms with Gasteiger partial charge in [0, 0.05) is 27.4 Å². The van der Waals surface area contributed by atoms with Crippen molar-refractivity contribution in [3.63, 3.8) is 0 Å². The first-order chi connectivity index (χ1) is 27.3. The Morgan fingerprint density at radius 2 is 1.79 bits per heavy atom. The Kier molecular flexibility index (Phi) is 12.3. The first kappa shape index (κ1) is 43.0. The molecule has 0 unspecified atom stereocenters. The fraction of sp³-hybridized carbons (Fsp3) is 0.625. The van der Waals surface area contributed by atoms with Crippen LogP contribution in [0.3, 0.4) is 0 Å². The second-order valence-corrected chi connectivity index (χ2v) is 18.6. The summed E-state index contributed by atoms with van der Waals surface area (Å²) in [7, 11) is -3.98. The molecule has 2 aromatic rings. The Morgan fingerprint density at radius 1 is 1.09 bits per heavy atom. The fourth-order valence-corrected chi connectivity index (χ4v) is 9.03. The predicted molar refractivity (Wildman–Crippen MR) is 212 cm³/mol. The lowest BCUT2D eigenvalue weighted by molar-refractivity contribution is -0.244. The molecule has 1 saturated heterocycles. The van der Waals surface area contributed by atoms with Crippen LogP contribution in [0.2, 0.25) is 0 Å². The lowest BCUT2D eigenvalue weighted by Crippen LogP contribution is -2.59. The van der Waals surface area contributed by atoms with Crippen molar-refractivity contribution < 1.29 is 59.3 Å². The van der Waals surface area contributed by atoms with E-state index in [4.69, 9.17) is 14.2 Å². The average molecular weight is 842 g/mol. The van der Waals surface area contributed by atoms with Crippen molar-refractivity contribution in [2.45, 2.75) is 127 Å². The van der Waals surface area contributed by atoms with Gasteiger partial charge in [0.05, 0.1) is 24.6 Å². The highest BCUT2D eigenvalue weighted by atomic mass is 32.2. The molecule has 18 heteroatoms. The molecule has 3 heterocycles. The highest BCUT2D eigenvalue weighted by molar-refractivity contribution is 7.91. The van der Waals surface area contributed by atoms with Crippen molar-refractivity contribution in [3.8, 4) is 11.6 Å². The van der Waals surface area contributed by atoms with Crippen molar-refractivity contribution in [1.82, 2.24) is 25.2 Å². The summed E-state index contributed by atoms with van der Waals surface area (Å²) in [6.07, 6.45) is 1.07. The smallest absolute Gasteiger partial charge is 0.427 e. The number of pyridine rings is 1. The molecule has 0 spiro atoms. The molecular formula is C40H58F3N5O9S. The molecular weight excluding hydrogens is 784 g/mol. The monoisotopic (exact) mass is 841 g/mol. The number of nitrogens with zero attached hydrogens (tertiary/aromatic N) is 2. The van der Waals surface area contributed by atoms with Crippen molar-refractivity contribution in [2.75, 3.05) is 13.2 Å². The zero-order valence-corrected chi connectivity index (χ0v) is 34.1. The highest BCUT2D eigenvalue weighted by Crippen LogP contribution is 2.46. The van der Waals surface area contributed by atoms with E-state index in [1.165, 1.54) is 11.1 Å². The molecule has 7 atom stereocenters. The summed E-state index contributed by atoms with van der Waals surface area (Å²) >= 11 is 0. The van der Waals surface area contributed by atoms with Crippen LogP contribution in [0.5, 0.6) is 11.6 Å². The number of hydrogen-bond acceptors (Lipinski definition) is 10. The number of hydrogen-bond donors (Lipinski definition) is 3. The maximum atomic E-state index is 14.8. The van der Waals surface area contributed by atoms with Crippen LogP contribution < -0.4 is 24.8 Å². The summed E-state index contributed by atoms with van der Waals surface area (Å²) in [5.41, 5.74) is -4.51. The molecule has 14 nitrogen and oxygen atoms in total. The van der Waals surface area contributed by atoms with Crippen LogP contribution in [0.15, 0.2) is 42.6 Å².